The molecule has 1 amide bonds. The van der Waals surface area contributed by atoms with Crippen LogP contribution in [-0.2, 0) is 20.7 Å². The Morgan fingerprint density at radius 3 is 2.64 bits per heavy atom. The van der Waals surface area contributed by atoms with E-state index in [2.05, 4.69) is 5.32 Å². The van der Waals surface area contributed by atoms with Gasteiger partial charge in [-0.2, -0.15) is 0 Å². The van der Waals surface area contributed by atoms with Crippen molar-refractivity contribution < 1.29 is 23.8 Å². The molecule has 25 heavy (non-hydrogen) atoms. The van der Waals surface area contributed by atoms with Gasteiger partial charge in [0.25, 0.3) is 5.91 Å². The lowest BCUT2D eigenvalue weighted by Crippen LogP contribution is -2.32. The third-order valence-electron chi connectivity index (χ3n) is 4.63. The zero-order valence-corrected chi connectivity index (χ0v) is 14.4. The van der Waals surface area contributed by atoms with Crippen molar-refractivity contribution in [2.24, 2.45) is 5.92 Å². The van der Waals surface area contributed by atoms with Crippen molar-refractivity contribution in [3.8, 4) is 11.5 Å². The van der Waals surface area contributed by atoms with E-state index >= 15 is 0 Å². The fourth-order valence-electron chi connectivity index (χ4n) is 3.23. The van der Waals surface area contributed by atoms with Crippen molar-refractivity contribution in [2.45, 2.75) is 38.5 Å². The van der Waals surface area contributed by atoms with E-state index in [0.717, 1.165) is 42.7 Å². The van der Waals surface area contributed by atoms with E-state index in [1.807, 2.05) is 18.2 Å². The average Bonchev–Trinajstić information content (AvgIpc) is 2.66. The zero-order valence-electron chi connectivity index (χ0n) is 14.4. The minimum Gasteiger partial charge on any atom is -0.486 e. The van der Waals surface area contributed by atoms with Gasteiger partial charge in [0.15, 0.2) is 18.1 Å². The Bertz CT molecular complexity index is 610. The summed E-state index contributed by atoms with van der Waals surface area (Å²) in [4.78, 5) is 23.7. The number of benzene rings is 1. The molecule has 0 spiro atoms. The molecule has 0 unspecified atom stereocenters. The van der Waals surface area contributed by atoms with Crippen LogP contribution in [0.4, 0.5) is 0 Å². The highest BCUT2D eigenvalue weighted by Crippen LogP contribution is 2.30. The molecule has 2 aliphatic rings. The van der Waals surface area contributed by atoms with Crippen molar-refractivity contribution in [3.05, 3.63) is 23.8 Å². The first-order valence-electron chi connectivity index (χ1n) is 9.04. The monoisotopic (exact) mass is 347 g/mol. The van der Waals surface area contributed by atoms with Gasteiger partial charge in [0.05, 0.1) is 5.92 Å². The molecule has 0 atom stereocenters. The summed E-state index contributed by atoms with van der Waals surface area (Å²) in [6, 6.07) is 5.78. The van der Waals surface area contributed by atoms with Gasteiger partial charge in [0.1, 0.15) is 13.2 Å². The highest BCUT2D eigenvalue weighted by molar-refractivity contribution is 5.81. The maximum atomic E-state index is 11.9. The number of rotatable bonds is 6. The molecule has 6 nitrogen and oxygen atoms in total. The highest BCUT2D eigenvalue weighted by Gasteiger charge is 2.23. The molecule has 1 N–H and O–H groups in total. The number of hydrogen-bond acceptors (Lipinski definition) is 5. The maximum absolute atomic E-state index is 11.9. The van der Waals surface area contributed by atoms with Crippen LogP contribution in [0.1, 0.15) is 37.7 Å². The Morgan fingerprint density at radius 1 is 1.08 bits per heavy atom. The smallest absolute Gasteiger partial charge is 0.309 e. The van der Waals surface area contributed by atoms with Crippen molar-refractivity contribution >= 4 is 11.9 Å². The molecule has 1 fully saturated rings. The number of carbonyl (C=O) groups is 2. The molecule has 0 bridgehead atoms. The van der Waals surface area contributed by atoms with Gasteiger partial charge in [-0.1, -0.05) is 25.3 Å². The van der Waals surface area contributed by atoms with Crippen LogP contribution in [0.5, 0.6) is 11.5 Å². The molecule has 1 aliphatic carbocycles. The second kappa shape index (κ2) is 8.74. The third kappa shape index (κ3) is 5.11. The number of amides is 1. The van der Waals surface area contributed by atoms with Gasteiger partial charge in [-0.05, 0) is 37.0 Å². The Kier molecular flexibility index (Phi) is 6.14. The first-order valence-corrected chi connectivity index (χ1v) is 9.04. The largest absolute Gasteiger partial charge is 0.486 e. The summed E-state index contributed by atoms with van der Waals surface area (Å²) in [5.41, 5.74) is 1.06. The lowest BCUT2D eigenvalue weighted by atomic mass is 9.89. The van der Waals surface area contributed by atoms with E-state index in [1.165, 1.54) is 6.42 Å². The van der Waals surface area contributed by atoms with Crippen molar-refractivity contribution in [1.82, 2.24) is 5.32 Å². The average molecular weight is 347 g/mol. The third-order valence-corrected chi connectivity index (χ3v) is 4.63. The van der Waals surface area contributed by atoms with Crippen LogP contribution < -0.4 is 14.8 Å². The molecule has 6 heteroatoms. The number of esters is 1. The van der Waals surface area contributed by atoms with Crippen LogP contribution in [-0.4, -0.2) is 38.2 Å². The van der Waals surface area contributed by atoms with Gasteiger partial charge < -0.3 is 19.5 Å². The first-order chi connectivity index (χ1) is 12.2. The van der Waals surface area contributed by atoms with E-state index in [9.17, 15) is 9.59 Å². The number of fused-ring (bicyclic) bond motifs is 1. The Balaban J connectivity index is 1.35. The molecular formula is C19H25NO5. The van der Waals surface area contributed by atoms with Crippen LogP contribution in [0.3, 0.4) is 0 Å². The number of carbonyl (C=O) groups excluding carboxylic acids is 2. The molecular weight excluding hydrogens is 322 g/mol. The minimum atomic E-state index is -0.262. The second-order valence-electron chi connectivity index (χ2n) is 6.52. The van der Waals surface area contributed by atoms with Gasteiger partial charge in [-0.15, -0.1) is 0 Å². The minimum absolute atomic E-state index is 0.0285. The van der Waals surface area contributed by atoms with Crippen LogP contribution in [0.15, 0.2) is 18.2 Å². The second-order valence-corrected chi connectivity index (χ2v) is 6.52. The van der Waals surface area contributed by atoms with Gasteiger partial charge in [-0.25, -0.2) is 0 Å². The summed E-state index contributed by atoms with van der Waals surface area (Å²) in [7, 11) is 0. The zero-order chi connectivity index (χ0) is 17.5. The number of nitrogens with one attached hydrogen (secondary N) is 1. The molecule has 136 valence electrons. The number of hydrogen-bond donors (Lipinski definition) is 1. The lowest BCUT2D eigenvalue weighted by molar-refractivity contribution is -0.153. The van der Waals surface area contributed by atoms with E-state index in [-0.39, 0.29) is 24.4 Å². The van der Waals surface area contributed by atoms with Crippen LogP contribution >= 0.6 is 0 Å². The Hall–Kier alpha value is -2.24. The first kappa shape index (κ1) is 17.6. The summed E-state index contributed by atoms with van der Waals surface area (Å²) < 4.78 is 16.2. The predicted molar refractivity (Wildman–Crippen MR) is 91.7 cm³/mol. The van der Waals surface area contributed by atoms with Crippen molar-refractivity contribution in [1.29, 1.82) is 0 Å². The van der Waals surface area contributed by atoms with Crippen LogP contribution in [0, 0.1) is 5.92 Å². The molecule has 0 aromatic heterocycles. The van der Waals surface area contributed by atoms with Gasteiger partial charge in [0.2, 0.25) is 0 Å². The number of ether oxygens (including phenoxy) is 3. The van der Waals surface area contributed by atoms with Crippen LogP contribution in [0.25, 0.3) is 0 Å². The SMILES string of the molecule is O=C(COC(=O)C1CCCCC1)NCCc1ccc2c(c1)OCCO2. The molecule has 1 aliphatic heterocycles. The summed E-state index contributed by atoms with van der Waals surface area (Å²) >= 11 is 0. The van der Waals surface area contributed by atoms with E-state index in [0.29, 0.717) is 26.2 Å². The molecule has 0 saturated heterocycles. The van der Waals surface area contributed by atoms with Gasteiger partial charge in [0, 0.05) is 6.54 Å². The normalized spacial score (nSPS) is 17.0. The summed E-state index contributed by atoms with van der Waals surface area (Å²) in [6.07, 6.45) is 5.77. The standard InChI is InChI=1S/C19H25NO5/c21-18(13-25-19(22)15-4-2-1-3-5-15)20-9-8-14-6-7-16-17(12-14)24-11-10-23-16/h6-7,12,15H,1-5,8-11,13H2,(H,20,21). The van der Waals surface area contributed by atoms with Crippen molar-refractivity contribution in [2.75, 3.05) is 26.4 Å². The molecule has 0 radical (unpaired) electrons. The lowest BCUT2D eigenvalue weighted by Gasteiger charge is -2.19. The molecule has 3 rings (SSSR count). The fourth-order valence-corrected chi connectivity index (χ4v) is 3.23. The van der Waals surface area contributed by atoms with E-state index < -0.39 is 0 Å². The van der Waals surface area contributed by atoms with Crippen molar-refractivity contribution in [3.63, 3.8) is 0 Å². The highest BCUT2D eigenvalue weighted by atomic mass is 16.6. The predicted octanol–water partition coefficient (Wildman–Crippen LogP) is 2.24. The van der Waals surface area contributed by atoms with Crippen LogP contribution in [0.2, 0.25) is 0 Å². The quantitative estimate of drug-likeness (QED) is 0.799. The summed E-state index contributed by atoms with van der Waals surface area (Å²) in [5, 5.41) is 2.78. The van der Waals surface area contributed by atoms with Gasteiger partial charge in [-0.3, -0.25) is 9.59 Å². The molecule has 1 saturated carbocycles. The Labute approximate surface area is 147 Å². The fraction of sp³-hybridized carbons (Fsp3) is 0.579. The Morgan fingerprint density at radius 2 is 1.84 bits per heavy atom. The van der Waals surface area contributed by atoms with Gasteiger partial charge >= 0.3 is 5.97 Å². The summed E-state index contributed by atoms with van der Waals surface area (Å²) in [5.74, 6) is 0.979. The summed E-state index contributed by atoms with van der Waals surface area (Å²) in [6.45, 7) is 1.41. The molecule has 1 aromatic rings. The molecule has 1 heterocycles. The van der Waals surface area contributed by atoms with E-state index in [4.69, 9.17) is 14.2 Å². The molecule has 1 aromatic carbocycles. The maximum Gasteiger partial charge on any atom is 0.309 e. The van der Waals surface area contributed by atoms with E-state index in [1.54, 1.807) is 0 Å². The topological polar surface area (TPSA) is 73.9 Å².